The van der Waals surface area contributed by atoms with Gasteiger partial charge < -0.3 is 10.1 Å². The van der Waals surface area contributed by atoms with Gasteiger partial charge in [0.05, 0.1) is 12.8 Å². The minimum Gasteiger partial charge on any atom is -0.495 e. The number of aryl methyl sites for hydroxylation is 2. The molecular formula is C18H17FN4O4. The van der Waals surface area contributed by atoms with Gasteiger partial charge in [0.2, 0.25) is 5.91 Å². The Labute approximate surface area is 152 Å². The second-order valence-electron chi connectivity index (χ2n) is 5.93. The zero-order valence-electron chi connectivity index (χ0n) is 14.9. The SMILES string of the molecule is COc1c(C)cnc2c1c(=O)n(CC(=O)Nc1ccccc1F)c(=O)n2C. The van der Waals surface area contributed by atoms with Crippen LogP contribution in [0.5, 0.6) is 5.75 Å². The van der Waals surface area contributed by atoms with Crippen molar-refractivity contribution in [2.24, 2.45) is 7.05 Å². The number of carbonyl (C=O) groups is 1. The van der Waals surface area contributed by atoms with Crippen molar-refractivity contribution in [2.45, 2.75) is 13.5 Å². The Balaban J connectivity index is 2.09. The standard InChI is InChI=1S/C18H17FN4O4/c1-10-8-20-16-14(15(10)27-3)17(25)23(18(26)22(16)2)9-13(24)21-12-7-5-4-6-11(12)19/h4-8H,9H2,1-3H3,(H,21,24). The first-order chi connectivity index (χ1) is 12.8. The van der Waals surface area contributed by atoms with Gasteiger partial charge in [0.1, 0.15) is 23.5 Å². The fourth-order valence-corrected chi connectivity index (χ4v) is 2.82. The van der Waals surface area contributed by atoms with E-state index in [-0.39, 0.29) is 22.5 Å². The maximum Gasteiger partial charge on any atom is 0.332 e. The summed E-state index contributed by atoms with van der Waals surface area (Å²) in [6.07, 6.45) is 1.50. The maximum absolute atomic E-state index is 13.7. The molecule has 0 atom stereocenters. The number of carbonyl (C=O) groups excluding carboxylic acids is 1. The minimum atomic E-state index is -0.713. The number of para-hydroxylation sites is 1. The van der Waals surface area contributed by atoms with Crippen molar-refractivity contribution in [3.8, 4) is 5.75 Å². The smallest absolute Gasteiger partial charge is 0.332 e. The van der Waals surface area contributed by atoms with E-state index in [4.69, 9.17) is 4.74 Å². The summed E-state index contributed by atoms with van der Waals surface area (Å²) < 4.78 is 20.9. The Morgan fingerprint density at radius 1 is 1.30 bits per heavy atom. The third kappa shape index (κ3) is 3.19. The second kappa shape index (κ2) is 7.02. The van der Waals surface area contributed by atoms with Gasteiger partial charge >= 0.3 is 5.69 Å². The van der Waals surface area contributed by atoms with Crippen LogP contribution in [0.1, 0.15) is 5.56 Å². The van der Waals surface area contributed by atoms with Gasteiger partial charge in [-0.2, -0.15) is 0 Å². The topological polar surface area (TPSA) is 95.2 Å². The molecule has 27 heavy (non-hydrogen) atoms. The van der Waals surface area contributed by atoms with Crippen LogP contribution in [0.4, 0.5) is 10.1 Å². The number of ether oxygens (including phenoxy) is 1. The molecule has 140 valence electrons. The number of benzene rings is 1. The van der Waals surface area contributed by atoms with E-state index in [2.05, 4.69) is 10.3 Å². The van der Waals surface area contributed by atoms with Crippen LogP contribution < -0.4 is 21.3 Å². The lowest BCUT2D eigenvalue weighted by atomic mass is 10.2. The molecular weight excluding hydrogens is 355 g/mol. The molecule has 0 bridgehead atoms. The first-order valence-electron chi connectivity index (χ1n) is 8.02. The lowest BCUT2D eigenvalue weighted by Gasteiger charge is -2.13. The molecule has 0 unspecified atom stereocenters. The lowest BCUT2D eigenvalue weighted by molar-refractivity contribution is -0.116. The molecule has 0 aliphatic heterocycles. The molecule has 9 heteroatoms. The molecule has 0 saturated carbocycles. The van der Waals surface area contributed by atoms with Crippen molar-refractivity contribution >= 4 is 22.6 Å². The molecule has 0 saturated heterocycles. The summed E-state index contributed by atoms with van der Waals surface area (Å²) in [6.45, 7) is 1.14. The number of hydrogen-bond donors (Lipinski definition) is 1. The van der Waals surface area contributed by atoms with E-state index in [9.17, 15) is 18.8 Å². The van der Waals surface area contributed by atoms with Crippen LogP contribution >= 0.6 is 0 Å². The number of fused-ring (bicyclic) bond motifs is 1. The lowest BCUT2D eigenvalue weighted by Crippen LogP contribution is -2.42. The maximum atomic E-state index is 13.7. The molecule has 8 nitrogen and oxygen atoms in total. The second-order valence-corrected chi connectivity index (χ2v) is 5.93. The summed E-state index contributed by atoms with van der Waals surface area (Å²) in [5.41, 5.74) is -0.691. The van der Waals surface area contributed by atoms with E-state index in [1.165, 1.54) is 38.6 Å². The molecule has 1 amide bonds. The van der Waals surface area contributed by atoms with Crippen LogP contribution in [0.2, 0.25) is 0 Å². The molecule has 3 rings (SSSR count). The highest BCUT2D eigenvalue weighted by molar-refractivity contribution is 5.91. The van der Waals surface area contributed by atoms with Gasteiger partial charge in [0.15, 0.2) is 5.65 Å². The van der Waals surface area contributed by atoms with Crippen molar-refractivity contribution in [1.29, 1.82) is 0 Å². The third-order valence-corrected chi connectivity index (χ3v) is 4.14. The number of nitrogens with zero attached hydrogens (tertiary/aromatic N) is 3. The van der Waals surface area contributed by atoms with Crippen molar-refractivity contribution < 1.29 is 13.9 Å². The van der Waals surface area contributed by atoms with Crippen LogP contribution in [-0.2, 0) is 18.4 Å². The Morgan fingerprint density at radius 3 is 2.67 bits per heavy atom. The van der Waals surface area contributed by atoms with E-state index < -0.39 is 29.5 Å². The molecule has 1 N–H and O–H groups in total. The zero-order chi connectivity index (χ0) is 19.7. The Hall–Kier alpha value is -3.49. The molecule has 0 fully saturated rings. The van der Waals surface area contributed by atoms with Crippen molar-refractivity contribution in [2.75, 3.05) is 12.4 Å². The highest BCUT2D eigenvalue weighted by Crippen LogP contribution is 2.23. The van der Waals surface area contributed by atoms with Crippen LogP contribution in [0.25, 0.3) is 11.0 Å². The van der Waals surface area contributed by atoms with Crippen molar-refractivity contribution in [3.63, 3.8) is 0 Å². The van der Waals surface area contributed by atoms with Crippen molar-refractivity contribution in [1.82, 2.24) is 14.1 Å². The number of hydrogen-bond acceptors (Lipinski definition) is 5. The Morgan fingerprint density at radius 2 is 2.00 bits per heavy atom. The van der Waals surface area contributed by atoms with Crippen LogP contribution in [0.3, 0.4) is 0 Å². The first kappa shape index (κ1) is 18.3. The predicted octanol–water partition coefficient (Wildman–Crippen LogP) is 1.19. The summed E-state index contributed by atoms with van der Waals surface area (Å²) in [6, 6.07) is 5.61. The number of anilines is 1. The Bertz CT molecular complexity index is 1170. The van der Waals surface area contributed by atoms with Crippen LogP contribution in [0.15, 0.2) is 40.1 Å². The molecule has 3 aromatic rings. The summed E-state index contributed by atoms with van der Waals surface area (Å²) >= 11 is 0. The highest BCUT2D eigenvalue weighted by Gasteiger charge is 2.19. The van der Waals surface area contributed by atoms with Gasteiger partial charge in [-0.05, 0) is 19.1 Å². The predicted molar refractivity (Wildman–Crippen MR) is 97.6 cm³/mol. The number of amides is 1. The summed E-state index contributed by atoms with van der Waals surface area (Å²) in [7, 11) is 2.85. The summed E-state index contributed by atoms with van der Waals surface area (Å²) in [4.78, 5) is 41.8. The van der Waals surface area contributed by atoms with Crippen LogP contribution in [0, 0.1) is 12.7 Å². The normalized spacial score (nSPS) is 10.8. The zero-order valence-corrected chi connectivity index (χ0v) is 14.9. The van der Waals surface area contributed by atoms with Gasteiger partial charge in [-0.25, -0.2) is 18.7 Å². The average Bonchev–Trinajstić information content (AvgIpc) is 2.65. The van der Waals surface area contributed by atoms with E-state index in [0.717, 1.165) is 9.13 Å². The monoisotopic (exact) mass is 372 g/mol. The van der Waals surface area contributed by atoms with Crippen LogP contribution in [-0.4, -0.2) is 27.1 Å². The van der Waals surface area contributed by atoms with Gasteiger partial charge in [-0.15, -0.1) is 0 Å². The van der Waals surface area contributed by atoms with E-state index in [0.29, 0.717) is 5.56 Å². The quantitative estimate of drug-likeness (QED) is 0.742. The van der Waals surface area contributed by atoms with E-state index in [1.807, 2.05) is 0 Å². The number of nitrogens with one attached hydrogen (secondary N) is 1. The molecule has 1 aromatic carbocycles. The van der Waals surface area contributed by atoms with E-state index >= 15 is 0 Å². The molecule has 2 aromatic heterocycles. The average molecular weight is 372 g/mol. The first-order valence-corrected chi connectivity index (χ1v) is 8.02. The minimum absolute atomic E-state index is 0.0387. The molecule has 0 aliphatic carbocycles. The Kier molecular flexibility index (Phi) is 4.76. The molecule has 2 heterocycles. The van der Waals surface area contributed by atoms with Gasteiger partial charge in [-0.1, -0.05) is 12.1 Å². The summed E-state index contributed by atoms with van der Waals surface area (Å²) in [5, 5.41) is 2.45. The number of methoxy groups -OCH3 is 1. The van der Waals surface area contributed by atoms with Gasteiger partial charge in [0, 0.05) is 18.8 Å². The fraction of sp³-hybridized carbons (Fsp3) is 0.222. The number of pyridine rings is 1. The number of halogens is 1. The third-order valence-electron chi connectivity index (χ3n) is 4.14. The fourth-order valence-electron chi connectivity index (χ4n) is 2.82. The van der Waals surface area contributed by atoms with Gasteiger partial charge in [-0.3, -0.25) is 14.2 Å². The molecule has 0 aliphatic rings. The number of aromatic nitrogens is 3. The van der Waals surface area contributed by atoms with Gasteiger partial charge in [0.25, 0.3) is 5.56 Å². The molecule has 0 radical (unpaired) electrons. The highest BCUT2D eigenvalue weighted by atomic mass is 19.1. The van der Waals surface area contributed by atoms with Crippen molar-refractivity contribution in [3.05, 3.63) is 62.7 Å². The largest absolute Gasteiger partial charge is 0.495 e. The number of rotatable bonds is 4. The molecule has 0 spiro atoms. The summed E-state index contributed by atoms with van der Waals surface area (Å²) in [5.74, 6) is -1.05. The van der Waals surface area contributed by atoms with E-state index in [1.54, 1.807) is 13.0 Å².